The van der Waals surface area contributed by atoms with Crippen molar-refractivity contribution in [3.63, 3.8) is 0 Å². The molecule has 1 heterocycles. The van der Waals surface area contributed by atoms with Gasteiger partial charge in [0.2, 0.25) is 0 Å². The number of imidazole rings is 1. The summed E-state index contributed by atoms with van der Waals surface area (Å²) < 4.78 is 7.66. The molecule has 1 aromatic heterocycles. The first-order chi connectivity index (χ1) is 10.3. The van der Waals surface area contributed by atoms with Crippen LogP contribution in [0.3, 0.4) is 0 Å². The van der Waals surface area contributed by atoms with Gasteiger partial charge in [0.15, 0.2) is 0 Å². The number of fused-ring (bicyclic) bond motifs is 1. The Bertz CT molecular complexity index is 606. The third-order valence-electron chi connectivity index (χ3n) is 3.98. The molecule has 4 heteroatoms. The maximum atomic E-state index is 10.1. The van der Waals surface area contributed by atoms with E-state index in [-0.39, 0.29) is 0 Å². The number of hydrogen-bond donors (Lipinski definition) is 1. The van der Waals surface area contributed by atoms with Crippen LogP contribution in [0.1, 0.15) is 19.3 Å². The normalized spacial score (nSPS) is 20.0. The standard InChI is InChI=1S/C17H22N2O2/c20-15(12-21-11-14-6-2-1-3-7-14)10-19-13-18-16-8-4-5-9-17(16)19/h1-2,4-5,8-9,13-15,20H,3,6-7,10-12H2/t14-,15+/m1/s1. The highest BCUT2D eigenvalue weighted by Crippen LogP contribution is 2.18. The summed E-state index contributed by atoms with van der Waals surface area (Å²) in [6.07, 6.45) is 9.18. The summed E-state index contributed by atoms with van der Waals surface area (Å²) in [4.78, 5) is 4.33. The monoisotopic (exact) mass is 286 g/mol. The molecule has 0 spiro atoms. The van der Waals surface area contributed by atoms with E-state index in [2.05, 4.69) is 17.1 Å². The minimum absolute atomic E-state index is 0.382. The zero-order chi connectivity index (χ0) is 14.5. The summed E-state index contributed by atoms with van der Waals surface area (Å²) in [5, 5.41) is 10.1. The number of aliphatic hydroxyl groups is 1. The molecule has 3 rings (SSSR count). The van der Waals surface area contributed by atoms with Crippen molar-refractivity contribution in [2.75, 3.05) is 13.2 Å². The molecule has 1 N–H and O–H groups in total. The molecule has 2 aromatic rings. The second-order valence-electron chi connectivity index (χ2n) is 5.73. The number of aliphatic hydroxyl groups excluding tert-OH is 1. The topological polar surface area (TPSA) is 47.3 Å². The van der Waals surface area contributed by atoms with Gasteiger partial charge in [-0.3, -0.25) is 0 Å². The van der Waals surface area contributed by atoms with E-state index in [1.165, 1.54) is 6.42 Å². The Morgan fingerprint density at radius 2 is 2.24 bits per heavy atom. The van der Waals surface area contributed by atoms with Crippen LogP contribution in [0.15, 0.2) is 42.7 Å². The minimum Gasteiger partial charge on any atom is -0.389 e. The fraction of sp³-hybridized carbons (Fsp3) is 0.471. The van der Waals surface area contributed by atoms with Crippen molar-refractivity contribution < 1.29 is 9.84 Å². The summed E-state index contributed by atoms with van der Waals surface area (Å²) in [5.41, 5.74) is 2.01. The van der Waals surface area contributed by atoms with Gasteiger partial charge in [0.25, 0.3) is 0 Å². The van der Waals surface area contributed by atoms with Crippen molar-refractivity contribution in [3.05, 3.63) is 42.7 Å². The van der Waals surface area contributed by atoms with E-state index in [0.717, 1.165) is 30.5 Å². The number of para-hydroxylation sites is 2. The van der Waals surface area contributed by atoms with Crippen LogP contribution >= 0.6 is 0 Å². The molecule has 0 saturated heterocycles. The second-order valence-corrected chi connectivity index (χ2v) is 5.73. The summed E-state index contributed by atoms with van der Waals surface area (Å²) in [6.45, 7) is 1.64. The van der Waals surface area contributed by atoms with Crippen molar-refractivity contribution in [1.82, 2.24) is 9.55 Å². The highest BCUT2D eigenvalue weighted by Gasteiger charge is 2.12. The highest BCUT2D eigenvalue weighted by atomic mass is 16.5. The first-order valence-electron chi connectivity index (χ1n) is 7.63. The number of nitrogens with zero attached hydrogens (tertiary/aromatic N) is 2. The zero-order valence-corrected chi connectivity index (χ0v) is 12.2. The Balaban J connectivity index is 1.47. The van der Waals surface area contributed by atoms with Crippen LogP contribution < -0.4 is 0 Å². The number of rotatable bonds is 6. The number of aromatic nitrogens is 2. The van der Waals surface area contributed by atoms with Gasteiger partial charge in [-0.25, -0.2) is 4.98 Å². The third kappa shape index (κ3) is 3.71. The Hall–Kier alpha value is -1.65. The maximum Gasteiger partial charge on any atom is 0.0959 e. The molecule has 1 aliphatic carbocycles. The molecule has 21 heavy (non-hydrogen) atoms. The smallest absolute Gasteiger partial charge is 0.0959 e. The number of allylic oxidation sites excluding steroid dienone is 2. The SMILES string of the molecule is O[C@H](COC[C@@H]1CC=CCC1)Cn1cnc2ccccc21. The van der Waals surface area contributed by atoms with Crippen molar-refractivity contribution in [1.29, 1.82) is 0 Å². The van der Waals surface area contributed by atoms with Crippen LogP contribution in [-0.2, 0) is 11.3 Å². The van der Waals surface area contributed by atoms with E-state index in [1.807, 2.05) is 28.8 Å². The van der Waals surface area contributed by atoms with Crippen LogP contribution in [0.2, 0.25) is 0 Å². The first kappa shape index (κ1) is 14.3. The lowest BCUT2D eigenvalue weighted by atomic mass is 9.95. The minimum atomic E-state index is -0.498. The molecule has 112 valence electrons. The Kier molecular flexibility index (Phi) is 4.68. The molecule has 4 nitrogen and oxygen atoms in total. The Labute approximate surface area is 125 Å². The summed E-state index contributed by atoms with van der Waals surface area (Å²) >= 11 is 0. The van der Waals surface area contributed by atoms with Crippen LogP contribution in [0.5, 0.6) is 0 Å². The second kappa shape index (κ2) is 6.87. The molecule has 0 bridgehead atoms. The zero-order valence-electron chi connectivity index (χ0n) is 12.2. The molecule has 0 fully saturated rings. The van der Waals surface area contributed by atoms with Crippen LogP contribution in [0.4, 0.5) is 0 Å². The molecule has 0 amide bonds. The molecular weight excluding hydrogens is 264 g/mol. The molecule has 0 saturated carbocycles. The van der Waals surface area contributed by atoms with Crippen molar-refractivity contribution in [3.8, 4) is 0 Å². The van der Waals surface area contributed by atoms with E-state index >= 15 is 0 Å². The van der Waals surface area contributed by atoms with Crippen molar-refractivity contribution in [2.45, 2.75) is 31.9 Å². The lowest BCUT2D eigenvalue weighted by Gasteiger charge is -2.19. The number of ether oxygens (including phenoxy) is 1. The van der Waals surface area contributed by atoms with Crippen LogP contribution in [-0.4, -0.2) is 34.0 Å². The number of hydrogen-bond acceptors (Lipinski definition) is 3. The van der Waals surface area contributed by atoms with E-state index in [1.54, 1.807) is 6.33 Å². The molecule has 1 aliphatic rings. The lowest BCUT2D eigenvalue weighted by molar-refractivity contribution is 0.0131. The van der Waals surface area contributed by atoms with Gasteiger partial charge in [-0.1, -0.05) is 24.3 Å². The largest absolute Gasteiger partial charge is 0.389 e. The third-order valence-corrected chi connectivity index (χ3v) is 3.98. The lowest BCUT2D eigenvalue weighted by Crippen LogP contribution is -2.23. The summed E-state index contributed by atoms with van der Waals surface area (Å²) in [6, 6.07) is 7.95. The van der Waals surface area contributed by atoms with Crippen LogP contribution in [0.25, 0.3) is 11.0 Å². The molecule has 0 radical (unpaired) electrons. The van der Waals surface area contributed by atoms with Crippen molar-refractivity contribution in [2.24, 2.45) is 5.92 Å². The van der Waals surface area contributed by atoms with Crippen molar-refractivity contribution >= 4 is 11.0 Å². The van der Waals surface area contributed by atoms with E-state index < -0.39 is 6.10 Å². The van der Waals surface area contributed by atoms with E-state index in [0.29, 0.717) is 19.1 Å². The molecular formula is C17H22N2O2. The van der Waals surface area contributed by atoms with Gasteiger partial charge in [-0.15, -0.1) is 0 Å². The average molecular weight is 286 g/mol. The molecule has 1 aromatic carbocycles. The molecule has 2 atom stereocenters. The van der Waals surface area contributed by atoms with Gasteiger partial charge < -0.3 is 14.4 Å². The van der Waals surface area contributed by atoms with Gasteiger partial charge in [0, 0.05) is 6.61 Å². The van der Waals surface area contributed by atoms with Gasteiger partial charge in [-0.05, 0) is 37.3 Å². The van der Waals surface area contributed by atoms with E-state index in [9.17, 15) is 5.11 Å². The van der Waals surface area contributed by atoms with Gasteiger partial charge >= 0.3 is 0 Å². The molecule has 0 aliphatic heterocycles. The summed E-state index contributed by atoms with van der Waals surface area (Å²) in [5.74, 6) is 0.608. The maximum absolute atomic E-state index is 10.1. The predicted octanol–water partition coefficient (Wildman–Crippen LogP) is 2.77. The summed E-state index contributed by atoms with van der Waals surface area (Å²) in [7, 11) is 0. The number of benzene rings is 1. The fourth-order valence-electron chi connectivity index (χ4n) is 2.81. The van der Waals surface area contributed by atoms with Gasteiger partial charge in [0.05, 0.1) is 36.6 Å². The Morgan fingerprint density at radius 1 is 1.33 bits per heavy atom. The van der Waals surface area contributed by atoms with Crippen LogP contribution in [0, 0.1) is 5.92 Å². The Morgan fingerprint density at radius 3 is 3.10 bits per heavy atom. The first-order valence-corrected chi connectivity index (χ1v) is 7.63. The average Bonchev–Trinajstić information content (AvgIpc) is 2.92. The molecule has 0 unspecified atom stereocenters. The van der Waals surface area contributed by atoms with Gasteiger partial charge in [0.1, 0.15) is 0 Å². The van der Waals surface area contributed by atoms with E-state index in [4.69, 9.17) is 4.74 Å². The fourth-order valence-corrected chi connectivity index (χ4v) is 2.81. The van der Waals surface area contributed by atoms with Gasteiger partial charge in [-0.2, -0.15) is 0 Å². The predicted molar refractivity (Wildman–Crippen MR) is 83.0 cm³/mol. The quantitative estimate of drug-likeness (QED) is 0.831. The highest BCUT2D eigenvalue weighted by molar-refractivity contribution is 5.74.